The number of guanidine groups is 1. The quantitative estimate of drug-likeness (QED) is 0.502. The molecule has 1 unspecified atom stereocenters. The van der Waals surface area contributed by atoms with Gasteiger partial charge in [0.25, 0.3) is 0 Å². The predicted molar refractivity (Wildman–Crippen MR) is 116 cm³/mol. The third-order valence-corrected chi connectivity index (χ3v) is 4.99. The number of ether oxygens (including phenoxy) is 2. The summed E-state index contributed by atoms with van der Waals surface area (Å²) in [5.41, 5.74) is 1.16. The number of nitrogens with one attached hydrogen (secondary N) is 2. The van der Waals surface area contributed by atoms with Crippen molar-refractivity contribution in [2.75, 3.05) is 39.8 Å². The van der Waals surface area contributed by atoms with E-state index in [2.05, 4.69) is 54.3 Å². The van der Waals surface area contributed by atoms with E-state index in [4.69, 9.17) is 9.47 Å². The lowest BCUT2D eigenvalue weighted by Crippen LogP contribution is -2.50. The molecule has 6 nitrogen and oxygen atoms in total. The van der Waals surface area contributed by atoms with Crippen molar-refractivity contribution in [2.45, 2.75) is 58.8 Å². The van der Waals surface area contributed by atoms with E-state index in [-0.39, 0.29) is 6.10 Å². The fourth-order valence-electron chi connectivity index (χ4n) is 3.29. The largest absolute Gasteiger partial charge is 0.489 e. The summed E-state index contributed by atoms with van der Waals surface area (Å²) in [6.07, 6.45) is 2.61. The molecule has 0 bridgehead atoms. The van der Waals surface area contributed by atoms with Crippen molar-refractivity contribution in [3.05, 3.63) is 29.8 Å². The van der Waals surface area contributed by atoms with Crippen molar-refractivity contribution in [3.8, 4) is 5.75 Å². The zero-order chi connectivity index (χ0) is 20.4. The molecule has 0 radical (unpaired) electrons. The summed E-state index contributed by atoms with van der Waals surface area (Å²) in [4.78, 5) is 6.85. The molecule has 1 fully saturated rings. The van der Waals surface area contributed by atoms with E-state index in [1.54, 1.807) is 0 Å². The molecule has 1 aliphatic heterocycles. The van der Waals surface area contributed by atoms with Gasteiger partial charge in [0.15, 0.2) is 5.96 Å². The molecule has 0 aliphatic carbocycles. The van der Waals surface area contributed by atoms with Gasteiger partial charge in [-0.2, -0.15) is 0 Å². The second-order valence-electron chi connectivity index (χ2n) is 7.83. The zero-order valence-electron chi connectivity index (χ0n) is 18.2. The smallest absolute Gasteiger partial charge is 0.191 e. The molecular weight excluding hydrogens is 352 g/mol. The Hall–Kier alpha value is -1.79. The lowest BCUT2D eigenvalue weighted by Gasteiger charge is -2.33. The number of piperidine rings is 1. The second kappa shape index (κ2) is 11.9. The van der Waals surface area contributed by atoms with Gasteiger partial charge in [-0.25, -0.2) is 0 Å². The minimum atomic E-state index is 0.0578. The average molecular weight is 391 g/mol. The van der Waals surface area contributed by atoms with E-state index >= 15 is 0 Å². The number of rotatable bonds is 9. The highest BCUT2D eigenvalue weighted by molar-refractivity contribution is 5.80. The molecule has 0 saturated carbocycles. The van der Waals surface area contributed by atoms with Gasteiger partial charge in [0, 0.05) is 32.7 Å². The molecule has 2 N–H and O–H groups in total. The number of likely N-dealkylation sites (tertiary alicyclic amines) is 1. The van der Waals surface area contributed by atoms with Gasteiger partial charge >= 0.3 is 0 Å². The normalized spacial score (nSPS) is 17.6. The Kier molecular flexibility index (Phi) is 9.58. The number of benzene rings is 1. The highest BCUT2D eigenvalue weighted by atomic mass is 16.5. The highest BCUT2D eigenvalue weighted by Gasteiger charge is 2.20. The Bertz CT molecular complexity index is 598. The van der Waals surface area contributed by atoms with Crippen LogP contribution in [0.25, 0.3) is 0 Å². The van der Waals surface area contributed by atoms with Crippen LogP contribution in [0.4, 0.5) is 0 Å². The van der Waals surface area contributed by atoms with E-state index in [1.165, 1.54) is 0 Å². The highest BCUT2D eigenvalue weighted by Crippen LogP contribution is 2.17. The van der Waals surface area contributed by atoms with Gasteiger partial charge in [0.2, 0.25) is 0 Å². The molecule has 28 heavy (non-hydrogen) atoms. The summed E-state index contributed by atoms with van der Waals surface area (Å²) in [5.74, 6) is 1.79. The number of hydrogen-bond acceptors (Lipinski definition) is 4. The molecule has 0 spiro atoms. The molecule has 6 heteroatoms. The average Bonchev–Trinajstić information content (AvgIpc) is 2.68. The van der Waals surface area contributed by atoms with Gasteiger partial charge in [-0.1, -0.05) is 18.2 Å². The third kappa shape index (κ3) is 8.07. The molecule has 0 amide bonds. The Morgan fingerprint density at radius 3 is 2.57 bits per heavy atom. The van der Waals surface area contributed by atoms with Gasteiger partial charge in [0.1, 0.15) is 11.9 Å². The van der Waals surface area contributed by atoms with Crippen molar-refractivity contribution >= 4 is 5.96 Å². The maximum atomic E-state index is 6.03. The summed E-state index contributed by atoms with van der Waals surface area (Å²) in [7, 11) is 1.82. The molecule has 158 valence electrons. The topological polar surface area (TPSA) is 58.1 Å². The van der Waals surface area contributed by atoms with Crippen LogP contribution in [0.3, 0.4) is 0 Å². The van der Waals surface area contributed by atoms with E-state index in [0.717, 1.165) is 56.4 Å². The molecule has 2 rings (SSSR count). The number of nitrogens with zero attached hydrogens (tertiary/aromatic N) is 2. The Labute approximate surface area is 170 Å². The van der Waals surface area contributed by atoms with Crippen molar-refractivity contribution in [1.82, 2.24) is 15.5 Å². The summed E-state index contributed by atoms with van der Waals surface area (Å²) < 4.78 is 11.7. The minimum Gasteiger partial charge on any atom is -0.489 e. The van der Waals surface area contributed by atoms with E-state index in [9.17, 15) is 0 Å². The van der Waals surface area contributed by atoms with E-state index < -0.39 is 0 Å². The summed E-state index contributed by atoms with van der Waals surface area (Å²) >= 11 is 0. The fraction of sp³-hybridized carbons (Fsp3) is 0.682. The maximum Gasteiger partial charge on any atom is 0.191 e. The first-order valence-electron chi connectivity index (χ1n) is 10.5. The SMILES string of the molecule is CN=C(NCC(C)Oc1ccccc1C)NC1CCN(CCOC(C)C)CC1. The molecule has 1 aromatic carbocycles. The predicted octanol–water partition coefficient (Wildman–Crippen LogP) is 2.82. The third-order valence-electron chi connectivity index (χ3n) is 4.99. The van der Waals surface area contributed by atoms with Crippen LogP contribution in [0.2, 0.25) is 0 Å². The molecule has 1 aliphatic rings. The lowest BCUT2D eigenvalue weighted by atomic mass is 10.1. The number of aryl methyl sites for hydroxylation is 1. The van der Waals surface area contributed by atoms with Gasteiger partial charge in [-0.3, -0.25) is 4.99 Å². The number of aliphatic imine (C=N–C) groups is 1. The van der Waals surface area contributed by atoms with Gasteiger partial charge in [-0.05, 0) is 52.2 Å². The van der Waals surface area contributed by atoms with Crippen LogP contribution in [-0.2, 0) is 4.74 Å². The van der Waals surface area contributed by atoms with E-state index in [0.29, 0.717) is 18.7 Å². The molecule has 1 aromatic rings. The van der Waals surface area contributed by atoms with Crippen LogP contribution in [-0.4, -0.2) is 68.9 Å². The first-order chi connectivity index (χ1) is 13.5. The minimum absolute atomic E-state index is 0.0578. The van der Waals surface area contributed by atoms with Crippen LogP contribution < -0.4 is 15.4 Å². The Morgan fingerprint density at radius 1 is 1.21 bits per heavy atom. The molecule has 1 heterocycles. The van der Waals surface area contributed by atoms with Crippen molar-refractivity contribution < 1.29 is 9.47 Å². The molecular formula is C22H38N4O2. The van der Waals surface area contributed by atoms with Crippen LogP contribution in [0.1, 0.15) is 39.2 Å². The second-order valence-corrected chi connectivity index (χ2v) is 7.83. The fourth-order valence-corrected chi connectivity index (χ4v) is 3.29. The molecule has 0 aromatic heterocycles. The Balaban J connectivity index is 1.67. The number of hydrogen-bond donors (Lipinski definition) is 2. The lowest BCUT2D eigenvalue weighted by molar-refractivity contribution is 0.0532. The van der Waals surface area contributed by atoms with Gasteiger partial charge in [-0.15, -0.1) is 0 Å². The van der Waals surface area contributed by atoms with Crippen molar-refractivity contribution in [2.24, 2.45) is 4.99 Å². The first-order valence-corrected chi connectivity index (χ1v) is 10.5. The standard InChI is InChI=1S/C22H38N4O2/c1-17(2)27-15-14-26-12-10-20(11-13-26)25-22(23-5)24-16-19(4)28-21-9-7-6-8-18(21)3/h6-9,17,19-20H,10-16H2,1-5H3,(H2,23,24,25). The van der Waals surface area contributed by atoms with Crippen molar-refractivity contribution in [3.63, 3.8) is 0 Å². The van der Waals surface area contributed by atoms with E-state index in [1.807, 2.05) is 25.2 Å². The summed E-state index contributed by atoms with van der Waals surface area (Å²) in [5, 5.41) is 6.95. The summed E-state index contributed by atoms with van der Waals surface area (Å²) in [6.45, 7) is 13.1. The monoisotopic (exact) mass is 390 g/mol. The van der Waals surface area contributed by atoms with Crippen LogP contribution in [0.5, 0.6) is 5.75 Å². The molecule has 1 saturated heterocycles. The van der Waals surface area contributed by atoms with Gasteiger partial charge < -0.3 is 25.0 Å². The maximum absolute atomic E-state index is 6.03. The van der Waals surface area contributed by atoms with Crippen LogP contribution in [0.15, 0.2) is 29.3 Å². The van der Waals surface area contributed by atoms with Crippen LogP contribution >= 0.6 is 0 Å². The van der Waals surface area contributed by atoms with Gasteiger partial charge in [0.05, 0.1) is 19.3 Å². The zero-order valence-corrected chi connectivity index (χ0v) is 18.2. The Morgan fingerprint density at radius 2 is 1.93 bits per heavy atom. The summed E-state index contributed by atoms with van der Waals surface area (Å²) in [6, 6.07) is 8.57. The number of para-hydroxylation sites is 1. The first kappa shape index (κ1) is 22.5. The molecule has 1 atom stereocenters. The van der Waals surface area contributed by atoms with Crippen LogP contribution in [0, 0.1) is 6.92 Å². The van der Waals surface area contributed by atoms with Crippen molar-refractivity contribution in [1.29, 1.82) is 0 Å².